The first-order valence-electron chi connectivity index (χ1n) is 8.28. The van der Waals surface area contributed by atoms with Crippen LogP contribution < -0.4 is 31.8 Å². The van der Waals surface area contributed by atoms with Crippen molar-refractivity contribution in [2.24, 2.45) is 12.8 Å². The maximum absolute atomic E-state index is 12.5. The molecule has 1 aromatic carbocycles. The zero-order valence-electron chi connectivity index (χ0n) is 14.3. The molecule has 2 aromatic rings. The Morgan fingerprint density at radius 1 is 1.35 bits per heavy atom. The van der Waals surface area contributed by atoms with Gasteiger partial charge in [0, 0.05) is 43.7 Å². The average molecular weight is 367 g/mol. The van der Waals surface area contributed by atoms with Crippen LogP contribution in [0.2, 0.25) is 0 Å². The number of nitrogens with two attached hydrogens (primary N) is 1. The van der Waals surface area contributed by atoms with Crippen LogP contribution in [0.15, 0.2) is 23.0 Å². The first kappa shape index (κ1) is 18.3. The number of halogens is 3. The fourth-order valence-corrected chi connectivity index (χ4v) is 2.97. The Morgan fingerprint density at radius 3 is 2.85 bits per heavy atom. The first-order chi connectivity index (χ1) is 12.3. The van der Waals surface area contributed by atoms with Gasteiger partial charge in [-0.05, 0) is 23.8 Å². The van der Waals surface area contributed by atoms with Gasteiger partial charge in [-0.1, -0.05) is 6.08 Å². The fraction of sp³-hybridized carbons (Fsp3) is 0.389. The number of fused-ring (bicyclic) bond motifs is 3. The van der Waals surface area contributed by atoms with Gasteiger partial charge in [0.2, 0.25) is 0 Å². The minimum Gasteiger partial charge on any atom is -0.492 e. The Bertz CT molecular complexity index is 996. The number of pyridine rings is 1. The molecule has 0 bridgehead atoms. The molecule has 140 valence electrons. The number of ether oxygens (including phenoxy) is 1. The van der Waals surface area contributed by atoms with E-state index in [-0.39, 0.29) is 18.6 Å². The lowest BCUT2D eigenvalue weighted by Gasteiger charge is -2.15. The standard InChI is InChI=1S/C18H20F3N3O2/c1-24-16-8-12(26-10-11(22)4-6-18(19,20)21)2-3-14(16)13-5-7-23-9-15(13)17(24)25/h2-3,5,8-9,11,23H,4,6-7,10,22H2,1H3. The van der Waals surface area contributed by atoms with Crippen LogP contribution in [0.4, 0.5) is 13.2 Å². The molecule has 0 saturated carbocycles. The topological polar surface area (TPSA) is 69.3 Å². The molecule has 5 nitrogen and oxygen atoms in total. The lowest BCUT2D eigenvalue weighted by atomic mass is 10.1. The minimum absolute atomic E-state index is 0.0235. The van der Waals surface area contributed by atoms with Gasteiger partial charge < -0.3 is 20.4 Å². The van der Waals surface area contributed by atoms with Gasteiger partial charge in [-0.2, -0.15) is 13.2 Å². The summed E-state index contributed by atoms with van der Waals surface area (Å²) in [6.45, 7) is 0.617. The molecule has 1 aliphatic rings. The number of nitrogens with one attached hydrogen (secondary N) is 1. The number of hydrogen-bond acceptors (Lipinski definition) is 4. The summed E-state index contributed by atoms with van der Waals surface area (Å²) in [6, 6.07) is 4.58. The second-order valence-corrected chi connectivity index (χ2v) is 6.35. The van der Waals surface area contributed by atoms with E-state index in [9.17, 15) is 18.0 Å². The molecule has 0 spiro atoms. The summed E-state index contributed by atoms with van der Waals surface area (Å²) < 4.78 is 43.8. The summed E-state index contributed by atoms with van der Waals surface area (Å²) in [6.07, 6.45) is -1.69. The van der Waals surface area contributed by atoms with Crippen molar-refractivity contribution in [2.45, 2.75) is 25.1 Å². The monoisotopic (exact) mass is 367 g/mol. The number of benzene rings is 1. The molecule has 26 heavy (non-hydrogen) atoms. The van der Waals surface area contributed by atoms with Gasteiger partial charge in [-0.25, -0.2) is 0 Å². The Balaban J connectivity index is 1.85. The smallest absolute Gasteiger partial charge is 0.389 e. The largest absolute Gasteiger partial charge is 0.492 e. The Kier molecular flexibility index (Phi) is 4.95. The molecule has 3 rings (SSSR count). The Morgan fingerprint density at radius 2 is 2.12 bits per heavy atom. The third-order valence-corrected chi connectivity index (χ3v) is 4.38. The fourth-order valence-electron chi connectivity index (χ4n) is 2.97. The SMILES string of the molecule is Cn1c(=O)c2c(c3ccc(OCC(N)CCC(F)(F)F)cc31)=CCNC=2. The van der Waals surface area contributed by atoms with Crippen LogP contribution in [0.25, 0.3) is 23.2 Å². The number of alkyl halides is 3. The molecule has 2 heterocycles. The molecule has 0 radical (unpaired) electrons. The molecule has 1 aliphatic heterocycles. The van der Waals surface area contributed by atoms with E-state index in [0.29, 0.717) is 23.0 Å². The third kappa shape index (κ3) is 3.85. The van der Waals surface area contributed by atoms with E-state index in [1.54, 1.807) is 25.4 Å². The molecule has 0 amide bonds. The van der Waals surface area contributed by atoms with Gasteiger partial charge in [-0.15, -0.1) is 0 Å². The molecular formula is C18H20F3N3O2. The zero-order chi connectivity index (χ0) is 18.9. The molecule has 0 saturated heterocycles. The maximum atomic E-state index is 12.5. The summed E-state index contributed by atoms with van der Waals surface area (Å²) in [5, 5.41) is 5.41. The Labute approximate surface area is 147 Å². The summed E-state index contributed by atoms with van der Waals surface area (Å²) in [5.74, 6) is 0.466. The number of aryl methyl sites for hydroxylation is 1. The molecule has 8 heteroatoms. The van der Waals surface area contributed by atoms with E-state index in [0.717, 1.165) is 10.6 Å². The molecular weight excluding hydrogens is 347 g/mol. The van der Waals surface area contributed by atoms with Crippen LogP contribution in [0, 0.1) is 0 Å². The number of nitrogens with zero attached hydrogens (tertiary/aromatic N) is 1. The van der Waals surface area contributed by atoms with Gasteiger partial charge in [0.05, 0.1) is 10.7 Å². The van der Waals surface area contributed by atoms with Crippen molar-refractivity contribution in [1.29, 1.82) is 0 Å². The second-order valence-electron chi connectivity index (χ2n) is 6.35. The van der Waals surface area contributed by atoms with Crippen LogP contribution >= 0.6 is 0 Å². The van der Waals surface area contributed by atoms with Crippen LogP contribution in [0.5, 0.6) is 5.75 Å². The van der Waals surface area contributed by atoms with E-state index in [1.807, 2.05) is 12.1 Å². The summed E-state index contributed by atoms with van der Waals surface area (Å²) in [7, 11) is 1.67. The molecule has 1 aromatic heterocycles. The van der Waals surface area contributed by atoms with Gasteiger partial charge in [-0.3, -0.25) is 4.79 Å². The quantitative estimate of drug-likeness (QED) is 0.817. The highest BCUT2D eigenvalue weighted by Gasteiger charge is 2.27. The van der Waals surface area contributed by atoms with E-state index >= 15 is 0 Å². The lowest BCUT2D eigenvalue weighted by molar-refractivity contribution is -0.136. The summed E-state index contributed by atoms with van der Waals surface area (Å²) in [5.41, 5.74) is 6.26. The number of rotatable bonds is 5. The molecule has 3 N–H and O–H groups in total. The van der Waals surface area contributed by atoms with Gasteiger partial charge in [0.25, 0.3) is 5.56 Å². The van der Waals surface area contributed by atoms with Gasteiger partial charge in [0.15, 0.2) is 0 Å². The van der Waals surface area contributed by atoms with Crippen molar-refractivity contribution in [2.75, 3.05) is 13.2 Å². The van der Waals surface area contributed by atoms with Crippen molar-refractivity contribution < 1.29 is 17.9 Å². The van der Waals surface area contributed by atoms with E-state index in [4.69, 9.17) is 10.5 Å². The molecule has 0 aliphatic carbocycles. The van der Waals surface area contributed by atoms with Crippen LogP contribution in [-0.4, -0.2) is 29.9 Å². The van der Waals surface area contributed by atoms with E-state index in [1.165, 1.54) is 4.57 Å². The number of aromatic nitrogens is 1. The van der Waals surface area contributed by atoms with Crippen LogP contribution in [0.3, 0.4) is 0 Å². The van der Waals surface area contributed by atoms with Crippen LogP contribution in [-0.2, 0) is 7.05 Å². The summed E-state index contributed by atoms with van der Waals surface area (Å²) >= 11 is 0. The van der Waals surface area contributed by atoms with Crippen molar-refractivity contribution >= 4 is 23.2 Å². The van der Waals surface area contributed by atoms with E-state index in [2.05, 4.69) is 5.32 Å². The van der Waals surface area contributed by atoms with Gasteiger partial charge in [0.1, 0.15) is 12.4 Å². The molecule has 1 unspecified atom stereocenters. The average Bonchev–Trinajstić information content (AvgIpc) is 2.62. The van der Waals surface area contributed by atoms with Crippen molar-refractivity contribution in [3.8, 4) is 5.75 Å². The lowest BCUT2D eigenvalue weighted by Crippen LogP contribution is -2.48. The highest BCUT2D eigenvalue weighted by Crippen LogP contribution is 2.22. The van der Waals surface area contributed by atoms with Crippen LogP contribution in [0.1, 0.15) is 12.8 Å². The highest BCUT2D eigenvalue weighted by atomic mass is 19.4. The molecule has 0 fully saturated rings. The van der Waals surface area contributed by atoms with Gasteiger partial charge >= 0.3 is 6.18 Å². The first-order valence-corrected chi connectivity index (χ1v) is 8.28. The number of hydrogen-bond donors (Lipinski definition) is 2. The van der Waals surface area contributed by atoms with Crippen molar-refractivity contribution in [3.05, 3.63) is 39.0 Å². The molecule has 1 atom stereocenters. The maximum Gasteiger partial charge on any atom is 0.389 e. The highest BCUT2D eigenvalue weighted by molar-refractivity contribution is 5.82. The normalized spacial score (nSPS) is 14.8. The Hall–Kier alpha value is -2.48. The van der Waals surface area contributed by atoms with E-state index < -0.39 is 18.6 Å². The second kappa shape index (κ2) is 7.03. The predicted octanol–water partition coefficient (Wildman–Crippen LogP) is 0.709. The third-order valence-electron chi connectivity index (χ3n) is 4.38. The van der Waals surface area contributed by atoms with Crippen molar-refractivity contribution in [1.82, 2.24) is 9.88 Å². The minimum atomic E-state index is -4.22. The van der Waals surface area contributed by atoms with Crippen molar-refractivity contribution in [3.63, 3.8) is 0 Å². The predicted molar refractivity (Wildman–Crippen MR) is 94.1 cm³/mol. The summed E-state index contributed by atoms with van der Waals surface area (Å²) in [4.78, 5) is 12.5. The zero-order valence-corrected chi connectivity index (χ0v) is 14.3.